The van der Waals surface area contributed by atoms with E-state index in [0.717, 1.165) is 11.5 Å². The maximum atomic E-state index is 12.9. The second kappa shape index (κ2) is 8.18. The largest absolute Gasteiger partial charge is 0.497 e. The number of methoxy groups -OCH3 is 1. The zero-order valence-electron chi connectivity index (χ0n) is 15.9. The van der Waals surface area contributed by atoms with Gasteiger partial charge in [0.05, 0.1) is 17.7 Å². The molecule has 152 valence electrons. The van der Waals surface area contributed by atoms with Crippen LogP contribution in [0.3, 0.4) is 0 Å². The third-order valence-corrected chi connectivity index (χ3v) is 6.76. The van der Waals surface area contributed by atoms with Gasteiger partial charge in [-0.3, -0.25) is 0 Å². The van der Waals surface area contributed by atoms with Crippen LogP contribution >= 0.6 is 0 Å². The molecule has 0 unspecified atom stereocenters. The number of piperidine rings is 1. The van der Waals surface area contributed by atoms with Crippen LogP contribution in [0.15, 0.2) is 59.8 Å². The van der Waals surface area contributed by atoms with Gasteiger partial charge < -0.3 is 9.47 Å². The molecule has 1 aliphatic heterocycles. The van der Waals surface area contributed by atoms with Crippen LogP contribution < -0.4 is 9.47 Å². The molecular formula is C19H21N5O4S. The number of nitrogens with zero attached hydrogens (tertiary/aromatic N) is 5. The summed E-state index contributed by atoms with van der Waals surface area (Å²) in [6.45, 7) is 0.829. The number of aromatic nitrogens is 4. The first kappa shape index (κ1) is 19.3. The quantitative estimate of drug-likeness (QED) is 0.606. The van der Waals surface area contributed by atoms with Crippen molar-refractivity contribution in [3.8, 4) is 17.2 Å². The summed E-state index contributed by atoms with van der Waals surface area (Å²) in [6, 6.07) is 13.9. The Morgan fingerprint density at radius 3 is 2.21 bits per heavy atom. The van der Waals surface area contributed by atoms with Crippen LogP contribution in [0.4, 0.5) is 0 Å². The molecule has 0 spiro atoms. The highest BCUT2D eigenvalue weighted by Crippen LogP contribution is 2.25. The molecule has 0 saturated carbocycles. The first-order chi connectivity index (χ1) is 14.1. The van der Waals surface area contributed by atoms with Gasteiger partial charge in [0.25, 0.3) is 0 Å². The molecule has 3 aromatic rings. The average molecular weight is 415 g/mol. The van der Waals surface area contributed by atoms with Crippen LogP contribution in [0.5, 0.6) is 11.5 Å². The molecule has 1 saturated heterocycles. The number of tetrazole rings is 1. The third-order valence-electron chi connectivity index (χ3n) is 4.85. The summed E-state index contributed by atoms with van der Waals surface area (Å²) in [6.07, 6.45) is 2.70. The molecule has 0 aliphatic carbocycles. The van der Waals surface area contributed by atoms with E-state index < -0.39 is 10.0 Å². The molecule has 4 rings (SSSR count). The van der Waals surface area contributed by atoms with Crippen molar-refractivity contribution in [2.45, 2.75) is 23.8 Å². The summed E-state index contributed by atoms with van der Waals surface area (Å²) in [5, 5.41) is 10.9. The van der Waals surface area contributed by atoms with Gasteiger partial charge in [-0.25, -0.2) is 13.1 Å². The molecular weight excluding hydrogens is 394 g/mol. The number of hydrogen-bond donors (Lipinski definition) is 0. The number of sulfonamides is 1. The highest BCUT2D eigenvalue weighted by atomic mass is 32.2. The van der Waals surface area contributed by atoms with Gasteiger partial charge in [0.15, 0.2) is 0 Å². The zero-order valence-corrected chi connectivity index (χ0v) is 16.7. The minimum absolute atomic E-state index is 0.0166. The fraction of sp³-hybridized carbons (Fsp3) is 0.316. The lowest BCUT2D eigenvalue weighted by molar-refractivity contribution is 0.135. The zero-order chi connectivity index (χ0) is 20.3. The van der Waals surface area contributed by atoms with Crippen molar-refractivity contribution < 1.29 is 17.9 Å². The minimum atomic E-state index is -3.55. The summed E-state index contributed by atoms with van der Waals surface area (Å²) in [5.74, 6) is 1.52. The predicted octanol–water partition coefficient (Wildman–Crippen LogP) is 1.90. The molecule has 2 aromatic carbocycles. The molecule has 29 heavy (non-hydrogen) atoms. The van der Waals surface area contributed by atoms with E-state index in [4.69, 9.17) is 9.47 Å². The molecule has 0 N–H and O–H groups in total. The van der Waals surface area contributed by atoms with Gasteiger partial charge in [-0.15, -0.1) is 5.10 Å². The SMILES string of the molecule is COc1ccc(OC2CCN(S(=O)(=O)c3ccc(-n4cnnn4)cc3)CC2)cc1. The van der Waals surface area contributed by atoms with Gasteiger partial charge in [0.1, 0.15) is 23.9 Å². The predicted molar refractivity (Wildman–Crippen MR) is 105 cm³/mol. The molecule has 0 atom stereocenters. The number of hydrogen-bond acceptors (Lipinski definition) is 7. The monoisotopic (exact) mass is 415 g/mol. The summed E-state index contributed by atoms with van der Waals surface area (Å²) < 4.78 is 40.0. The molecule has 1 aromatic heterocycles. The second-order valence-electron chi connectivity index (χ2n) is 6.65. The van der Waals surface area contributed by atoms with Crippen LogP contribution in [-0.4, -0.2) is 59.2 Å². The lowest BCUT2D eigenvalue weighted by atomic mass is 10.1. The second-order valence-corrected chi connectivity index (χ2v) is 8.58. The van der Waals surface area contributed by atoms with Crippen LogP contribution in [-0.2, 0) is 10.0 Å². The highest BCUT2D eigenvalue weighted by molar-refractivity contribution is 7.89. The van der Waals surface area contributed by atoms with Crippen molar-refractivity contribution in [3.63, 3.8) is 0 Å². The molecule has 0 amide bonds. The Kier molecular flexibility index (Phi) is 5.45. The Hall–Kier alpha value is -2.98. The lowest BCUT2D eigenvalue weighted by Crippen LogP contribution is -2.41. The summed E-state index contributed by atoms with van der Waals surface area (Å²) in [7, 11) is -1.94. The Morgan fingerprint density at radius 1 is 0.966 bits per heavy atom. The van der Waals surface area contributed by atoms with Crippen molar-refractivity contribution in [1.29, 1.82) is 0 Å². The summed E-state index contributed by atoms with van der Waals surface area (Å²) >= 11 is 0. The molecule has 10 heteroatoms. The van der Waals surface area contributed by atoms with Crippen molar-refractivity contribution >= 4 is 10.0 Å². The van der Waals surface area contributed by atoms with Gasteiger partial charge in [-0.05, 0) is 71.8 Å². The van der Waals surface area contributed by atoms with Crippen molar-refractivity contribution in [1.82, 2.24) is 24.5 Å². The van der Waals surface area contributed by atoms with E-state index in [2.05, 4.69) is 15.5 Å². The van der Waals surface area contributed by atoms with Gasteiger partial charge in [0.2, 0.25) is 10.0 Å². The molecule has 1 fully saturated rings. The van der Waals surface area contributed by atoms with Crippen LogP contribution in [0, 0.1) is 0 Å². The Labute approximate surface area is 168 Å². The standard InChI is InChI=1S/C19H21N5O4S/c1-27-16-4-6-17(7-5-16)28-18-10-12-23(13-11-18)29(25,26)19-8-2-15(3-9-19)24-14-20-21-22-24/h2-9,14,18H,10-13H2,1H3. The maximum Gasteiger partial charge on any atom is 0.243 e. The smallest absolute Gasteiger partial charge is 0.243 e. The summed E-state index contributed by atoms with van der Waals surface area (Å²) in [4.78, 5) is 0.254. The Bertz CT molecular complexity index is 1030. The maximum absolute atomic E-state index is 12.9. The van der Waals surface area contributed by atoms with Gasteiger partial charge in [-0.1, -0.05) is 0 Å². The van der Waals surface area contributed by atoms with E-state index in [1.807, 2.05) is 24.3 Å². The van der Waals surface area contributed by atoms with Crippen LogP contribution in [0.2, 0.25) is 0 Å². The first-order valence-corrected chi connectivity index (χ1v) is 10.6. The Balaban J connectivity index is 1.38. The van der Waals surface area contributed by atoms with E-state index >= 15 is 0 Å². The van der Waals surface area contributed by atoms with E-state index in [1.54, 1.807) is 31.4 Å². The summed E-state index contributed by atoms with van der Waals surface area (Å²) in [5.41, 5.74) is 0.695. The molecule has 9 nitrogen and oxygen atoms in total. The molecule has 1 aliphatic rings. The van der Waals surface area contributed by atoms with E-state index in [9.17, 15) is 8.42 Å². The van der Waals surface area contributed by atoms with Gasteiger partial charge in [-0.2, -0.15) is 4.31 Å². The molecule has 2 heterocycles. The number of benzene rings is 2. The fourth-order valence-electron chi connectivity index (χ4n) is 3.24. The Morgan fingerprint density at radius 2 is 1.62 bits per heavy atom. The van der Waals surface area contributed by atoms with E-state index in [1.165, 1.54) is 15.3 Å². The molecule has 0 radical (unpaired) electrons. The average Bonchev–Trinajstić information content (AvgIpc) is 3.30. The lowest BCUT2D eigenvalue weighted by Gasteiger charge is -2.31. The van der Waals surface area contributed by atoms with Crippen LogP contribution in [0.1, 0.15) is 12.8 Å². The third kappa shape index (κ3) is 4.22. The number of ether oxygens (including phenoxy) is 2. The van der Waals surface area contributed by atoms with E-state index in [0.29, 0.717) is 31.6 Å². The topological polar surface area (TPSA) is 99.4 Å². The van der Waals surface area contributed by atoms with Crippen molar-refractivity contribution in [2.24, 2.45) is 0 Å². The highest BCUT2D eigenvalue weighted by Gasteiger charge is 2.30. The van der Waals surface area contributed by atoms with Gasteiger partial charge in [0, 0.05) is 13.1 Å². The normalized spacial score (nSPS) is 15.9. The molecule has 0 bridgehead atoms. The minimum Gasteiger partial charge on any atom is -0.497 e. The first-order valence-electron chi connectivity index (χ1n) is 9.20. The van der Waals surface area contributed by atoms with Crippen LogP contribution in [0.25, 0.3) is 5.69 Å². The van der Waals surface area contributed by atoms with Crippen molar-refractivity contribution in [3.05, 3.63) is 54.9 Å². The van der Waals surface area contributed by atoms with Crippen molar-refractivity contribution in [2.75, 3.05) is 20.2 Å². The number of rotatable bonds is 6. The fourth-order valence-corrected chi connectivity index (χ4v) is 4.71. The van der Waals surface area contributed by atoms with Gasteiger partial charge >= 0.3 is 0 Å². The van der Waals surface area contributed by atoms with E-state index in [-0.39, 0.29) is 11.0 Å².